The Labute approximate surface area is 115 Å². The molecule has 0 fully saturated rings. The molecular formula is C14H13N5O. The van der Waals surface area contributed by atoms with Crippen LogP contribution in [0.5, 0.6) is 0 Å². The Kier molecular flexibility index (Phi) is 2.64. The maximum absolute atomic E-state index is 11.1. The first kappa shape index (κ1) is 12.2. The zero-order valence-electron chi connectivity index (χ0n) is 10.9. The lowest BCUT2D eigenvalue weighted by Gasteiger charge is -2.09. The van der Waals surface area contributed by atoms with Crippen LogP contribution in [0, 0.1) is 6.92 Å². The Bertz CT molecular complexity index is 822. The summed E-state index contributed by atoms with van der Waals surface area (Å²) in [6.07, 6.45) is 3.43. The zero-order valence-corrected chi connectivity index (χ0v) is 10.9. The van der Waals surface area contributed by atoms with E-state index in [1.54, 1.807) is 29.2 Å². The van der Waals surface area contributed by atoms with Gasteiger partial charge in [0, 0.05) is 34.5 Å². The van der Waals surface area contributed by atoms with Gasteiger partial charge in [-0.2, -0.15) is 5.10 Å². The molecule has 0 saturated heterocycles. The van der Waals surface area contributed by atoms with E-state index in [-0.39, 0.29) is 5.69 Å². The first-order valence-electron chi connectivity index (χ1n) is 6.07. The van der Waals surface area contributed by atoms with Crippen LogP contribution in [0.25, 0.3) is 16.5 Å². The van der Waals surface area contributed by atoms with E-state index in [1.165, 1.54) is 0 Å². The summed E-state index contributed by atoms with van der Waals surface area (Å²) in [6.45, 7) is 1.91. The van der Waals surface area contributed by atoms with Crippen molar-refractivity contribution in [3.8, 4) is 5.69 Å². The van der Waals surface area contributed by atoms with Crippen LogP contribution in [0.3, 0.4) is 0 Å². The number of aryl methyl sites for hydroxylation is 1. The molecule has 1 aromatic carbocycles. The molecule has 100 valence electrons. The van der Waals surface area contributed by atoms with Gasteiger partial charge in [0.15, 0.2) is 0 Å². The number of amides is 1. The van der Waals surface area contributed by atoms with E-state index in [1.807, 2.05) is 19.1 Å². The van der Waals surface area contributed by atoms with E-state index in [9.17, 15) is 4.79 Å². The molecule has 0 bridgehead atoms. The van der Waals surface area contributed by atoms with Crippen LogP contribution in [0.2, 0.25) is 0 Å². The summed E-state index contributed by atoms with van der Waals surface area (Å²) in [4.78, 5) is 15.4. The second kappa shape index (κ2) is 4.34. The van der Waals surface area contributed by atoms with Gasteiger partial charge in [-0.1, -0.05) is 0 Å². The third-order valence-electron chi connectivity index (χ3n) is 3.14. The van der Waals surface area contributed by atoms with Crippen LogP contribution in [0.15, 0.2) is 36.7 Å². The van der Waals surface area contributed by atoms with Crippen molar-refractivity contribution in [3.63, 3.8) is 0 Å². The van der Waals surface area contributed by atoms with Gasteiger partial charge in [-0.25, -0.2) is 4.68 Å². The molecule has 0 radical (unpaired) electrons. The second-order valence-corrected chi connectivity index (χ2v) is 4.55. The summed E-state index contributed by atoms with van der Waals surface area (Å²) in [7, 11) is 0. The number of nitrogens with zero attached hydrogens (tertiary/aromatic N) is 3. The van der Waals surface area contributed by atoms with Gasteiger partial charge in [-0.05, 0) is 31.2 Å². The molecule has 3 aromatic rings. The monoisotopic (exact) mass is 267 g/mol. The number of rotatable bonds is 2. The molecule has 1 amide bonds. The second-order valence-electron chi connectivity index (χ2n) is 4.55. The van der Waals surface area contributed by atoms with Crippen molar-refractivity contribution in [3.05, 3.63) is 48.0 Å². The summed E-state index contributed by atoms with van der Waals surface area (Å²) in [5.41, 5.74) is 13.8. The predicted octanol–water partition coefficient (Wildman–Crippen LogP) is 1.41. The zero-order chi connectivity index (χ0) is 14.3. The molecule has 4 N–H and O–H groups in total. The largest absolute Gasteiger partial charge is 0.398 e. The standard InChI is InChI=1S/C14H13N5O/c1-8-6-9-10(7-17-8)11(15)2-3-13(9)19-5-4-12(18-19)14(16)20/h2-7H,15H2,1H3,(H2,16,20). The highest BCUT2D eigenvalue weighted by Gasteiger charge is 2.10. The lowest BCUT2D eigenvalue weighted by atomic mass is 10.1. The molecule has 0 aliphatic rings. The number of carbonyl (C=O) groups excluding carboxylic acids is 1. The van der Waals surface area contributed by atoms with E-state index in [0.29, 0.717) is 5.69 Å². The molecule has 0 saturated carbocycles. The van der Waals surface area contributed by atoms with Crippen LogP contribution in [0.1, 0.15) is 16.2 Å². The van der Waals surface area contributed by atoms with Crippen molar-refractivity contribution >= 4 is 22.4 Å². The fourth-order valence-electron chi connectivity index (χ4n) is 2.14. The smallest absolute Gasteiger partial charge is 0.269 e. The van der Waals surface area contributed by atoms with Gasteiger partial charge in [-0.3, -0.25) is 9.78 Å². The minimum absolute atomic E-state index is 0.223. The maximum atomic E-state index is 11.1. The first-order valence-corrected chi connectivity index (χ1v) is 6.07. The number of aromatic nitrogens is 3. The lowest BCUT2D eigenvalue weighted by molar-refractivity contribution is 0.0995. The highest BCUT2D eigenvalue weighted by molar-refractivity contribution is 5.98. The summed E-state index contributed by atoms with van der Waals surface area (Å²) >= 11 is 0. The van der Waals surface area contributed by atoms with Gasteiger partial charge in [0.25, 0.3) is 5.91 Å². The van der Waals surface area contributed by atoms with E-state index in [4.69, 9.17) is 11.5 Å². The van der Waals surface area contributed by atoms with Gasteiger partial charge in [0.2, 0.25) is 0 Å². The Morgan fingerprint density at radius 1 is 1.25 bits per heavy atom. The number of fused-ring (bicyclic) bond motifs is 1. The van der Waals surface area contributed by atoms with E-state index < -0.39 is 5.91 Å². The maximum Gasteiger partial charge on any atom is 0.269 e. The molecule has 20 heavy (non-hydrogen) atoms. The van der Waals surface area contributed by atoms with Gasteiger partial charge < -0.3 is 11.5 Å². The summed E-state index contributed by atoms with van der Waals surface area (Å²) in [6, 6.07) is 7.17. The molecule has 6 heteroatoms. The van der Waals surface area contributed by atoms with Gasteiger partial charge >= 0.3 is 0 Å². The lowest BCUT2D eigenvalue weighted by Crippen LogP contribution is -2.12. The van der Waals surface area contributed by atoms with Crippen LogP contribution in [0.4, 0.5) is 5.69 Å². The molecule has 2 aromatic heterocycles. The van der Waals surface area contributed by atoms with Gasteiger partial charge in [-0.15, -0.1) is 0 Å². The van der Waals surface area contributed by atoms with E-state index in [0.717, 1.165) is 22.2 Å². The van der Waals surface area contributed by atoms with E-state index in [2.05, 4.69) is 10.1 Å². The highest BCUT2D eigenvalue weighted by atomic mass is 16.1. The number of pyridine rings is 1. The molecule has 6 nitrogen and oxygen atoms in total. The molecule has 0 aliphatic carbocycles. The first-order chi connectivity index (χ1) is 9.56. The van der Waals surface area contributed by atoms with Crippen molar-refractivity contribution in [2.45, 2.75) is 6.92 Å². The Hall–Kier alpha value is -2.89. The topological polar surface area (TPSA) is 99.8 Å². The summed E-state index contributed by atoms with van der Waals surface area (Å²) in [5.74, 6) is -0.554. The van der Waals surface area contributed by atoms with Crippen molar-refractivity contribution in [1.82, 2.24) is 14.8 Å². The number of hydrogen-bond acceptors (Lipinski definition) is 4. The number of anilines is 1. The average molecular weight is 267 g/mol. The van der Waals surface area contributed by atoms with Crippen molar-refractivity contribution < 1.29 is 4.79 Å². The Morgan fingerprint density at radius 3 is 2.75 bits per heavy atom. The van der Waals surface area contributed by atoms with Crippen molar-refractivity contribution in [2.75, 3.05) is 5.73 Å². The molecule has 0 atom stereocenters. The number of hydrogen-bond donors (Lipinski definition) is 2. The quantitative estimate of drug-likeness (QED) is 0.685. The normalized spacial score (nSPS) is 10.8. The number of nitrogen functional groups attached to an aromatic ring is 1. The van der Waals surface area contributed by atoms with Crippen LogP contribution < -0.4 is 11.5 Å². The number of carbonyl (C=O) groups is 1. The van der Waals surface area contributed by atoms with Crippen molar-refractivity contribution in [1.29, 1.82) is 0 Å². The van der Waals surface area contributed by atoms with Crippen LogP contribution in [-0.4, -0.2) is 20.7 Å². The molecule has 3 rings (SSSR count). The van der Waals surface area contributed by atoms with E-state index >= 15 is 0 Å². The Balaban J connectivity index is 2.27. The number of benzene rings is 1. The van der Waals surface area contributed by atoms with Gasteiger partial charge in [0.05, 0.1) is 5.69 Å². The van der Waals surface area contributed by atoms with Crippen molar-refractivity contribution in [2.24, 2.45) is 5.73 Å². The summed E-state index contributed by atoms with van der Waals surface area (Å²) in [5, 5.41) is 5.95. The number of primary amides is 1. The molecule has 0 aliphatic heterocycles. The third-order valence-corrected chi connectivity index (χ3v) is 3.14. The number of nitrogens with two attached hydrogens (primary N) is 2. The Morgan fingerprint density at radius 2 is 2.05 bits per heavy atom. The minimum Gasteiger partial charge on any atom is -0.398 e. The fourth-order valence-corrected chi connectivity index (χ4v) is 2.14. The summed E-state index contributed by atoms with van der Waals surface area (Å²) < 4.78 is 1.61. The van der Waals surface area contributed by atoms with Gasteiger partial charge in [0.1, 0.15) is 5.69 Å². The molecule has 0 unspecified atom stereocenters. The minimum atomic E-state index is -0.554. The average Bonchev–Trinajstić information content (AvgIpc) is 2.88. The fraction of sp³-hybridized carbons (Fsp3) is 0.0714. The molecule has 0 spiro atoms. The van der Waals surface area contributed by atoms with Crippen LogP contribution >= 0.6 is 0 Å². The predicted molar refractivity (Wildman–Crippen MR) is 76.5 cm³/mol. The third kappa shape index (κ3) is 1.87. The SMILES string of the molecule is Cc1cc2c(-n3ccc(C(N)=O)n3)ccc(N)c2cn1. The van der Waals surface area contributed by atoms with Crippen LogP contribution in [-0.2, 0) is 0 Å². The molecule has 2 heterocycles. The highest BCUT2D eigenvalue weighted by Crippen LogP contribution is 2.27. The molecular weight excluding hydrogens is 254 g/mol.